The SMILES string of the molecule is CC[C@H](C)NC(=O)[C@H](CC)N(CCc1ccccc1)C(=O)CN(c1cccc(Cl)c1Cl)S(=O)(=O)c1ccccc1. The number of nitrogens with zero attached hydrogens (tertiary/aromatic N) is 2. The van der Waals surface area contributed by atoms with Crippen LogP contribution in [-0.4, -0.2) is 50.3 Å². The van der Waals surface area contributed by atoms with E-state index < -0.39 is 28.5 Å². The van der Waals surface area contributed by atoms with Crippen molar-refractivity contribution in [3.63, 3.8) is 0 Å². The van der Waals surface area contributed by atoms with Gasteiger partial charge in [-0.2, -0.15) is 0 Å². The van der Waals surface area contributed by atoms with E-state index in [2.05, 4.69) is 5.32 Å². The topological polar surface area (TPSA) is 86.8 Å². The molecule has 0 unspecified atom stereocenters. The van der Waals surface area contributed by atoms with Gasteiger partial charge in [0.25, 0.3) is 10.0 Å². The molecule has 0 saturated heterocycles. The van der Waals surface area contributed by atoms with Crippen LogP contribution < -0.4 is 9.62 Å². The molecular weight excluding hydrogens is 569 g/mol. The zero-order chi connectivity index (χ0) is 29.3. The quantitative estimate of drug-likeness (QED) is 0.261. The van der Waals surface area contributed by atoms with Gasteiger partial charge in [0, 0.05) is 12.6 Å². The summed E-state index contributed by atoms with van der Waals surface area (Å²) in [6, 6.07) is 21.2. The number of hydrogen-bond donors (Lipinski definition) is 1. The Morgan fingerprint density at radius 2 is 1.50 bits per heavy atom. The Kier molecular flexibility index (Phi) is 11.4. The molecule has 2 amide bonds. The molecule has 40 heavy (non-hydrogen) atoms. The smallest absolute Gasteiger partial charge is 0.264 e. The molecule has 1 N–H and O–H groups in total. The fourth-order valence-electron chi connectivity index (χ4n) is 4.26. The van der Waals surface area contributed by atoms with Crippen molar-refractivity contribution < 1.29 is 18.0 Å². The Labute approximate surface area is 247 Å². The van der Waals surface area contributed by atoms with Crippen LogP contribution in [0.5, 0.6) is 0 Å². The molecule has 7 nitrogen and oxygen atoms in total. The highest BCUT2D eigenvalue weighted by atomic mass is 35.5. The van der Waals surface area contributed by atoms with Gasteiger partial charge in [0.2, 0.25) is 11.8 Å². The molecule has 0 heterocycles. The van der Waals surface area contributed by atoms with Crippen molar-refractivity contribution in [2.45, 2.75) is 57.0 Å². The maximum atomic E-state index is 14.0. The predicted octanol–water partition coefficient (Wildman–Crippen LogP) is 5.95. The lowest BCUT2D eigenvalue weighted by Gasteiger charge is -2.34. The lowest BCUT2D eigenvalue weighted by Crippen LogP contribution is -2.54. The molecule has 10 heteroatoms. The summed E-state index contributed by atoms with van der Waals surface area (Å²) in [5.74, 6) is -0.811. The number of benzene rings is 3. The number of anilines is 1. The first-order valence-corrected chi connectivity index (χ1v) is 15.4. The third-order valence-electron chi connectivity index (χ3n) is 6.68. The van der Waals surface area contributed by atoms with Crippen LogP contribution in [0.3, 0.4) is 0 Å². The maximum absolute atomic E-state index is 14.0. The average Bonchev–Trinajstić information content (AvgIpc) is 2.96. The van der Waals surface area contributed by atoms with Crippen LogP contribution in [0, 0.1) is 0 Å². The summed E-state index contributed by atoms with van der Waals surface area (Å²) in [6.45, 7) is 5.34. The minimum absolute atomic E-state index is 0.00349. The highest BCUT2D eigenvalue weighted by molar-refractivity contribution is 7.92. The minimum Gasteiger partial charge on any atom is -0.352 e. The van der Waals surface area contributed by atoms with E-state index >= 15 is 0 Å². The lowest BCUT2D eigenvalue weighted by molar-refractivity contribution is -0.139. The van der Waals surface area contributed by atoms with Crippen molar-refractivity contribution in [2.75, 3.05) is 17.4 Å². The normalized spacial score (nSPS) is 12.8. The van der Waals surface area contributed by atoms with Gasteiger partial charge < -0.3 is 10.2 Å². The number of carbonyl (C=O) groups excluding carboxylic acids is 2. The molecule has 0 aliphatic carbocycles. The van der Waals surface area contributed by atoms with Gasteiger partial charge in [0.1, 0.15) is 12.6 Å². The molecule has 3 rings (SSSR count). The molecule has 0 spiro atoms. The standard InChI is InChI=1S/C30H35Cl2N3O4S/c1-4-22(3)33-30(37)26(5-2)34(20-19-23-13-8-6-9-14-23)28(36)21-35(27-18-12-17-25(31)29(27)32)40(38,39)24-15-10-7-11-16-24/h6-18,22,26H,4-5,19-21H2,1-3H3,(H,33,37)/t22-,26-/m0/s1. The van der Waals surface area contributed by atoms with Gasteiger partial charge in [-0.25, -0.2) is 8.42 Å². The minimum atomic E-state index is -4.22. The molecule has 0 radical (unpaired) electrons. The van der Waals surface area contributed by atoms with E-state index in [4.69, 9.17) is 23.2 Å². The second-order valence-corrected chi connectivity index (χ2v) is 12.1. The third kappa shape index (κ3) is 7.77. The number of hydrogen-bond acceptors (Lipinski definition) is 4. The van der Waals surface area contributed by atoms with Crippen LogP contribution in [0.25, 0.3) is 0 Å². The summed E-state index contributed by atoms with van der Waals surface area (Å²) in [4.78, 5) is 28.8. The Balaban J connectivity index is 2.04. The largest absolute Gasteiger partial charge is 0.352 e. The van der Waals surface area contributed by atoms with E-state index in [1.165, 1.54) is 23.1 Å². The molecule has 0 aliphatic heterocycles. The summed E-state index contributed by atoms with van der Waals surface area (Å²) in [6.07, 6.45) is 1.58. The van der Waals surface area contributed by atoms with Crippen LogP contribution in [0.15, 0.2) is 83.8 Å². The van der Waals surface area contributed by atoms with Gasteiger partial charge in [-0.3, -0.25) is 13.9 Å². The summed E-state index contributed by atoms with van der Waals surface area (Å²) in [7, 11) is -4.22. The number of rotatable bonds is 13. The summed E-state index contributed by atoms with van der Waals surface area (Å²) < 4.78 is 28.7. The Morgan fingerprint density at radius 3 is 2.10 bits per heavy atom. The molecule has 2 atom stereocenters. The molecular formula is C30H35Cl2N3O4S. The van der Waals surface area contributed by atoms with Crippen LogP contribution >= 0.6 is 23.2 Å². The van der Waals surface area contributed by atoms with Crippen molar-refractivity contribution in [1.29, 1.82) is 0 Å². The zero-order valence-corrected chi connectivity index (χ0v) is 25.2. The molecule has 214 valence electrons. The summed E-state index contributed by atoms with van der Waals surface area (Å²) in [5, 5.41) is 3.13. The number of nitrogens with one attached hydrogen (secondary N) is 1. The van der Waals surface area contributed by atoms with Crippen molar-refractivity contribution >= 4 is 50.7 Å². The third-order valence-corrected chi connectivity index (χ3v) is 9.26. The first kappa shape index (κ1) is 31.5. The van der Waals surface area contributed by atoms with Gasteiger partial charge in [0.15, 0.2) is 0 Å². The number of amides is 2. The van der Waals surface area contributed by atoms with Crippen LogP contribution in [0.1, 0.15) is 39.2 Å². The summed E-state index contributed by atoms with van der Waals surface area (Å²) in [5.41, 5.74) is 1.07. The van der Waals surface area contributed by atoms with E-state index in [0.29, 0.717) is 12.8 Å². The number of sulfonamides is 1. The zero-order valence-electron chi connectivity index (χ0n) is 22.9. The lowest BCUT2D eigenvalue weighted by atomic mass is 10.1. The van der Waals surface area contributed by atoms with Crippen LogP contribution in [0.4, 0.5) is 5.69 Å². The monoisotopic (exact) mass is 603 g/mol. The number of carbonyl (C=O) groups is 2. The van der Waals surface area contributed by atoms with Gasteiger partial charge in [-0.1, -0.05) is 91.6 Å². The first-order chi connectivity index (χ1) is 19.1. The van der Waals surface area contributed by atoms with Crippen molar-refractivity contribution in [1.82, 2.24) is 10.2 Å². The van der Waals surface area contributed by atoms with Crippen LogP contribution in [0.2, 0.25) is 10.0 Å². The Bertz CT molecular complexity index is 1390. The van der Waals surface area contributed by atoms with Crippen molar-refractivity contribution in [3.8, 4) is 0 Å². The molecule has 3 aromatic carbocycles. The fraction of sp³-hybridized carbons (Fsp3) is 0.333. The average molecular weight is 605 g/mol. The molecule has 0 fully saturated rings. The Hall–Kier alpha value is -3.07. The molecule has 0 bridgehead atoms. The van der Waals surface area contributed by atoms with Gasteiger partial charge in [-0.15, -0.1) is 0 Å². The second-order valence-electron chi connectivity index (χ2n) is 9.46. The fourth-order valence-corrected chi connectivity index (χ4v) is 6.15. The van der Waals surface area contributed by atoms with E-state index in [0.717, 1.165) is 16.3 Å². The van der Waals surface area contributed by atoms with Crippen LogP contribution in [-0.2, 0) is 26.0 Å². The predicted molar refractivity (Wildman–Crippen MR) is 161 cm³/mol. The van der Waals surface area contributed by atoms with Gasteiger partial charge >= 0.3 is 0 Å². The molecule has 0 saturated carbocycles. The maximum Gasteiger partial charge on any atom is 0.264 e. The van der Waals surface area contributed by atoms with Crippen molar-refractivity contribution in [3.05, 3.63) is 94.5 Å². The van der Waals surface area contributed by atoms with E-state index in [-0.39, 0.29) is 39.1 Å². The van der Waals surface area contributed by atoms with Gasteiger partial charge in [0.05, 0.1) is 20.6 Å². The highest BCUT2D eigenvalue weighted by Gasteiger charge is 2.34. The molecule has 0 aliphatic rings. The van der Waals surface area contributed by atoms with E-state index in [1.54, 1.807) is 30.3 Å². The second kappa shape index (κ2) is 14.5. The van der Waals surface area contributed by atoms with Crippen molar-refractivity contribution in [2.24, 2.45) is 0 Å². The first-order valence-electron chi connectivity index (χ1n) is 13.3. The summed E-state index contributed by atoms with van der Waals surface area (Å²) >= 11 is 12.7. The highest BCUT2D eigenvalue weighted by Crippen LogP contribution is 2.35. The van der Waals surface area contributed by atoms with E-state index in [1.807, 2.05) is 51.1 Å². The number of halogens is 2. The molecule has 0 aromatic heterocycles. The Morgan fingerprint density at radius 1 is 0.875 bits per heavy atom. The van der Waals surface area contributed by atoms with Gasteiger partial charge in [-0.05, 0) is 56.0 Å². The van der Waals surface area contributed by atoms with E-state index in [9.17, 15) is 18.0 Å². The molecule has 3 aromatic rings.